The van der Waals surface area contributed by atoms with E-state index in [9.17, 15) is 0 Å². The van der Waals surface area contributed by atoms with E-state index >= 15 is 0 Å². The van der Waals surface area contributed by atoms with E-state index in [1.807, 2.05) is 0 Å². The van der Waals surface area contributed by atoms with Crippen molar-refractivity contribution in [3.8, 4) is 0 Å². The molecular weight excluding hydrogens is 500 g/mol. The van der Waals surface area contributed by atoms with Gasteiger partial charge in [0.2, 0.25) is 0 Å². The lowest BCUT2D eigenvalue weighted by atomic mass is 10.2. The molecular formula is C7H4ClI3. The van der Waals surface area contributed by atoms with Crippen LogP contribution in [0.4, 0.5) is 0 Å². The van der Waals surface area contributed by atoms with Crippen molar-refractivity contribution in [1.29, 1.82) is 0 Å². The maximum atomic E-state index is 5.71. The van der Waals surface area contributed by atoms with Crippen LogP contribution in [0.1, 0.15) is 5.56 Å². The third-order valence-corrected chi connectivity index (χ3v) is 6.43. The molecule has 0 saturated carbocycles. The summed E-state index contributed by atoms with van der Waals surface area (Å²) in [5, 5.41) is 0. The molecule has 0 nitrogen and oxygen atoms in total. The highest BCUT2D eigenvalue weighted by molar-refractivity contribution is 14.1. The van der Waals surface area contributed by atoms with Gasteiger partial charge in [0, 0.05) is 16.6 Å². The molecule has 0 spiro atoms. The van der Waals surface area contributed by atoms with Crippen LogP contribution in [0.15, 0.2) is 12.1 Å². The predicted octanol–water partition coefficient (Wildman–Crippen LogP) is 4.24. The molecule has 0 N–H and O–H groups in total. The zero-order valence-corrected chi connectivity index (χ0v) is 12.6. The fourth-order valence-corrected chi connectivity index (χ4v) is 3.05. The van der Waals surface area contributed by atoms with Crippen LogP contribution in [0, 0.1) is 10.7 Å². The molecule has 0 aromatic heterocycles. The van der Waals surface area contributed by atoms with Gasteiger partial charge in [0.1, 0.15) is 0 Å². The summed E-state index contributed by atoms with van der Waals surface area (Å²) in [6.45, 7) is 0. The molecule has 0 fully saturated rings. The lowest BCUT2D eigenvalue weighted by Crippen LogP contribution is -1.88. The Morgan fingerprint density at radius 3 is 1.91 bits per heavy atom. The predicted molar refractivity (Wildman–Crippen MR) is 74.1 cm³/mol. The van der Waals surface area contributed by atoms with Crippen LogP contribution in [-0.4, -0.2) is 0 Å². The van der Waals surface area contributed by atoms with Crippen LogP contribution >= 0.6 is 79.4 Å². The highest BCUT2D eigenvalue weighted by Gasteiger charge is 2.02. The molecule has 0 saturated heterocycles. The van der Waals surface area contributed by atoms with Crippen molar-refractivity contribution in [3.63, 3.8) is 0 Å². The zero-order chi connectivity index (χ0) is 8.43. The third kappa shape index (κ3) is 2.84. The monoisotopic (exact) mass is 504 g/mol. The Bertz CT molecular complexity index is 249. The largest absolute Gasteiger partial charge is 0.122 e. The number of hydrogen-bond donors (Lipinski definition) is 0. The highest BCUT2D eigenvalue weighted by atomic mass is 127. The summed E-state index contributed by atoms with van der Waals surface area (Å²) in [6.07, 6.45) is 0. The van der Waals surface area contributed by atoms with Gasteiger partial charge in [0.25, 0.3) is 0 Å². The molecule has 4 heteroatoms. The molecule has 0 aliphatic heterocycles. The van der Waals surface area contributed by atoms with Crippen molar-refractivity contribution in [2.24, 2.45) is 0 Å². The van der Waals surface area contributed by atoms with Crippen LogP contribution in [0.2, 0.25) is 0 Å². The van der Waals surface area contributed by atoms with Gasteiger partial charge in [-0.15, -0.1) is 11.6 Å². The second-order valence-corrected chi connectivity index (χ2v) is 5.68. The van der Waals surface area contributed by atoms with Crippen LogP contribution in [0.25, 0.3) is 0 Å². The van der Waals surface area contributed by atoms with E-state index in [-0.39, 0.29) is 0 Å². The molecule has 0 unspecified atom stereocenters. The summed E-state index contributed by atoms with van der Waals surface area (Å²) < 4.78 is 3.88. The Labute approximate surface area is 112 Å². The third-order valence-electron chi connectivity index (χ3n) is 1.20. The minimum Gasteiger partial charge on any atom is -0.122 e. The van der Waals surface area contributed by atoms with Gasteiger partial charge in [0.15, 0.2) is 0 Å². The quantitative estimate of drug-likeness (QED) is 0.305. The minimum absolute atomic E-state index is 0.600. The first-order chi connectivity index (χ1) is 5.15. The van der Waals surface area contributed by atoms with Crippen molar-refractivity contribution in [2.45, 2.75) is 5.88 Å². The molecule has 0 heterocycles. The topological polar surface area (TPSA) is 0 Å². The molecule has 0 bridgehead atoms. The average molecular weight is 504 g/mol. The SMILES string of the molecule is ClCc1cc(I)c(I)c(I)c1. The van der Waals surface area contributed by atoms with E-state index in [1.54, 1.807) is 0 Å². The van der Waals surface area contributed by atoms with Crippen LogP contribution in [0.5, 0.6) is 0 Å². The van der Waals surface area contributed by atoms with E-state index in [1.165, 1.54) is 16.3 Å². The number of benzene rings is 1. The van der Waals surface area contributed by atoms with Gasteiger partial charge in [-0.2, -0.15) is 0 Å². The van der Waals surface area contributed by atoms with Crippen molar-refractivity contribution < 1.29 is 0 Å². The summed E-state index contributed by atoms with van der Waals surface area (Å²) in [4.78, 5) is 0. The normalized spacial score (nSPS) is 10.2. The van der Waals surface area contributed by atoms with Gasteiger partial charge in [-0.1, -0.05) is 0 Å². The fourth-order valence-electron chi connectivity index (χ4n) is 0.685. The summed E-state index contributed by atoms with van der Waals surface area (Å²) >= 11 is 12.7. The molecule has 11 heavy (non-hydrogen) atoms. The van der Waals surface area contributed by atoms with Gasteiger partial charge in [0.05, 0.1) is 0 Å². The molecule has 1 aromatic rings. The minimum atomic E-state index is 0.600. The Kier molecular flexibility index (Phi) is 4.71. The fraction of sp³-hybridized carbons (Fsp3) is 0.143. The van der Waals surface area contributed by atoms with Gasteiger partial charge >= 0.3 is 0 Å². The van der Waals surface area contributed by atoms with E-state index < -0.39 is 0 Å². The summed E-state index contributed by atoms with van der Waals surface area (Å²) in [5.74, 6) is 0.600. The molecule has 60 valence electrons. The van der Waals surface area contributed by atoms with Crippen LogP contribution < -0.4 is 0 Å². The summed E-state index contributed by atoms with van der Waals surface area (Å²) in [5.41, 5.74) is 1.20. The maximum absolute atomic E-state index is 5.71. The Morgan fingerprint density at radius 2 is 1.55 bits per heavy atom. The molecule has 1 aromatic carbocycles. The lowest BCUT2D eigenvalue weighted by molar-refractivity contribution is 1.35. The maximum Gasteiger partial charge on any atom is 0.0474 e. The molecule has 0 aliphatic carbocycles. The van der Waals surface area contributed by atoms with Gasteiger partial charge in [-0.25, -0.2) is 0 Å². The highest BCUT2D eigenvalue weighted by Crippen LogP contribution is 2.23. The van der Waals surface area contributed by atoms with Crippen molar-refractivity contribution >= 4 is 79.4 Å². The number of alkyl halides is 1. The average Bonchev–Trinajstić information content (AvgIpc) is 1.99. The molecule has 0 amide bonds. The first kappa shape index (κ1) is 10.8. The van der Waals surface area contributed by atoms with Gasteiger partial charge in [-0.3, -0.25) is 0 Å². The Hall–Kier alpha value is 1.70. The number of hydrogen-bond acceptors (Lipinski definition) is 0. The standard InChI is InChI=1S/C7H4ClI3/c8-3-4-1-5(9)7(11)6(10)2-4/h1-2H,3H2. The van der Waals surface area contributed by atoms with Crippen molar-refractivity contribution in [1.82, 2.24) is 0 Å². The first-order valence-corrected chi connectivity index (χ1v) is 6.61. The Morgan fingerprint density at radius 1 is 1.09 bits per heavy atom. The van der Waals surface area contributed by atoms with E-state index in [0.29, 0.717) is 5.88 Å². The number of halogens is 4. The summed E-state index contributed by atoms with van der Waals surface area (Å²) in [7, 11) is 0. The lowest BCUT2D eigenvalue weighted by Gasteiger charge is -2.02. The molecule has 0 atom stereocenters. The zero-order valence-electron chi connectivity index (χ0n) is 5.37. The second kappa shape index (κ2) is 4.80. The van der Waals surface area contributed by atoms with Gasteiger partial charge < -0.3 is 0 Å². The Balaban J connectivity index is 3.21. The molecule has 0 radical (unpaired) electrons. The first-order valence-electron chi connectivity index (χ1n) is 2.84. The second-order valence-electron chi connectivity index (χ2n) is 2.01. The van der Waals surface area contributed by atoms with Crippen molar-refractivity contribution in [2.75, 3.05) is 0 Å². The van der Waals surface area contributed by atoms with E-state index in [4.69, 9.17) is 11.6 Å². The van der Waals surface area contributed by atoms with Crippen molar-refractivity contribution in [3.05, 3.63) is 28.4 Å². The van der Waals surface area contributed by atoms with Gasteiger partial charge in [-0.05, 0) is 85.5 Å². The van der Waals surface area contributed by atoms with E-state index in [0.717, 1.165) is 0 Å². The molecule has 0 aliphatic rings. The summed E-state index contributed by atoms with van der Waals surface area (Å²) in [6, 6.07) is 4.25. The smallest absolute Gasteiger partial charge is 0.0474 e. The van der Waals surface area contributed by atoms with Crippen LogP contribution in [-0.2, 0) is 5.88 Å². The van der Waals surface area contributed by atoms with Crippen LogP contribution in [0.3, 0.4) is 0 Å². The number of rotatable bonds is 1. The molecule has 1 rings (SSSR count). The van der Waals surface area contributed by atoms with E-state index in [2.05, 4.69) is 79.9 Å².